The average Bonchev–Trinajstić information content (AvgIpc) is 2.62. The molecule has 0 radical (unpaired) electrons. The fourth-order valence-corrected chi connectivity index (χ4v) is 3.79. The van der Waals surface area contributed by atoms with Crippen LogP contribution in [0.3, 0.4) is 0 Å². The summed E-state index contributed by atoms with van der Waals surface area (Å²) in [4.78, 5) is 23.7. The summed E-state index contributed by atoms with van der Waals surface area (Å²) in [5, 5.41) is 0. The van der Waals surface area contributed by atoms with E-state index in [9.17, 15) is 9.59 Å². The van der Waals surface area contributed by atoms with Crippen molar-refractivity contribution in [3.8, 4) is 0 Å². The standard InChI is InChI=1S/C19H18O4Se/c1-3-23-19(21)17(24-16-7-5-4-6-8-16)13-14-9-11-15(12-10-14)18(20)22-2/h4-13H,3H2,1-2H3/b17-13+. The number of ether oxygens (including phenoxy) is 2. The predicted molar refractivity (Wildman–Crippen MR) is 94.2 cm³/mol. The second-order valence-corrected chi connectivity index (χ2v) is 7.10. The average molecular weight is 389 g/mol. The summed E-state index contributed by atoms with van der Waals surface area (Å²) in [5.74, 6) is -0.692. The van der Waals surface area contributed by atoms with Gasteiger partial charge in [-0.3, -0.25) is 0 Å². The zero-order chi connectivity index (χ0) is 17.4. The van der Waals surface area contributed by atoms with Gasteiger partial charge in [0.05, 0.1) is 0 Å². The van der Waals surface area contributed by atoms with Crippen molar-refractivity contribution in [1.82, 2.24) is 0 Å². The molecule has 2 aromatic carbocycles. The van der Waals surface area contributed by atoms with Crippen molar-refractivity contribution in [2.45, 2.75) is 6.92 Å². The van der Waals surface area contributed by atoms with Crippen molar-refractivity contribution in [2.75, 3.05) is 13.7 Å². The Morgan fingerprint density at radius 3 is 2.29 bits per heavy atom. The van der Waals surface area contributed by atoms with Gasteiger partial charge in [-0.25, -0.2) is 0 Å². The summed E-state index contributed by atoms with van der Waals surface area (Å²) >= 11 is -0.158. The molecule has 0 bridgehead atoms. The van der Waals surface area contributed by atoms with Crippen molar-refractivity contribution in [2.24, 2.45) is 0 Å². The molecule has 4 nitrogen and oxygen atoms in total. The van der Waals surface area contributed by atoms with E-state index in [0.717, 1.165) is 10.0 Å². The zero-order valence-corrected chi connectivity index (χ0v) is 15.2. The van der Waals surface area contributed by atoms with Crippen LogP contribution in [0, 0.1) is 0 Å². The van der Waals surface area contributed by atoms with Gasteiger partial charge in [0.25, 0.3) is 0 Å². The third kappa shape index (κ3) is 5.08. The van der Waals surface area contributed by atoms with Gasteiger partial charge in [-0.1, -0.05) is 0 Å². The number of carbonyl (C=O) groups is 2. The van der Waals surface area contributed by atoms with Gasteiger partial charge in [0.15, 0.2) is 0 Å². The van der Waals surface area contributed by atoms with Gasteiger partial charge in [-0.05, 0) is 0 Å². The summed E-state index contributed by atoms with van der Waals surface area (Å²) in [5.41, 5.74) is 1.31. The first-order valence-electron chi connectivity index (χ1n) is 7.44. The molecule has 2 rings (SSSR count). The van der Waals surface area contributed by atoms with Crippen LogP contribution in [0.15, 0.2) is 59.1 Å². The number of methoxy groups -OCH3 is 1. The molecule has 0 aliphatic heterocycles. The summed E-state index contributed by atoms with van der Waals surface area (Å²) < 4.78 is 11.6. The van der Waals surface area contributed by atoms with Crippen LogP contribution in [-0.4, -0.2) is 40.6 Å². The van der Waals surface area contributed by atoms with E-state index in [2.05, 4.69) is 4.74 Å². The van der Waals surface area contributed by atoms with Crippen LogP contribution in [0.25, 0.3) is 6.08 Å². The second-order valence-electron chi connectivity index (χ2n) is 4.76. The van der Waals surface area contributed by atoms with Gasteiger partial charge in [0.2, 0.25) is 0 Å². The summed E-state index contributed by atoms with van der Waals surface area (Å²) in [6.07, 6.45) is 1.81. The molecule has 0 atom stereocenters. The Balaban J connectivity index is 2.26. The van der Waals surface area contributed by atoms with Crippen LogP contribution < -0.4 is 4.46 Å². The molecule has 5 heteroatoms. The molecule has 0 saturated heterocycles. The quantitative estimate of drug-likeness (QED) is 0.433. The van der Waals surface area contributed by atoms with Gasteiger partial charge in [0.1, 0.15) is 0 Å². The maximum atomic E-state index is 12.2. The molecule has 0 aliphatic carbocycles. The molecule has 0 saturated carbocycles. The first kappa shape index (κ1) is 18.0. The molecule has 0 fully saturated rings. The third-order valence-corrected chi connectivity index (χ3v) is 5.20. The molecule has 0 aliphatic rings. The third-order valence-electron chi connectivity index (χ3n) is 3.08. The van der Waals surface area contributed by atoms with E-state index in [1.54, 1.807) is 31.2 Å². The SMILES string of the molecule is CCOC(=O)/C(=C\c1ccc(C(=O)OC)cc1)[Se]c1ccccc1. The van der Waals surface area contributed by atoms with E-state index < -0.39 is 0 Å². The van der Waals surface area contributed by atoms with Crippen LogP contribution in [0.1, 0.15) is 22.8 Å². The molecule has 24 heavy (non-hydrogen) atoms. The molecule has 0 spiro atoms. The van der Waals surface area contributed by atoms with Gasteiger partial charge in [-0.15, -0.1) is 0 Å². The number of hydrogen-bond acceptors (Lipinski definition) is 4. The van der Waals surface area contributed by atoms with E-state index in [1.807, 2.05) is 36.4 Å². The minimum atomic E-state index is -0.385. The number of rotatable bonds is 6. The Labute approximate surface area is 147 Å². The van der Waals surface area contributed by atoms with E-state index in [1.165, 1.54) is 7.11 Å². The van der Waals surface area contributed by atoms with Gasteiger partial charge in [0, 0.05) is 0 Å². The van der Waals surface area contributed by atoms with Crippen molar-refractivity contribution >= 4 is 37.4 Å². The normalized spacial score (nSPS) is 11.0. The number of carbonyl (C=O) groups excluding carboxylic acids is 2. The van der Waals surface area contributed by atoms with Gasteiger partial charge >= 0.3 is 147 Å². The summed E-state index contributed by atoms with van der Waals surface area (Å²) in [6, 6.07) is 16.8. The molecule has 124 valence electrons. The Morgan fingerprint density at radius 1 is 1.04 bits per heavy atom. The van der Waals surface area contributed by atoms with Crippen molar-refractivity contribution < 1.29 is 19.1 Å². The Bertz CT molecular complexity index is 721. The Hall–Kier alpha value is -2.36. The first-order valence-corrected chi connectivity index (χ1v) is 9.15. The molecule has 0 N–H and O–H groups in total. The van der Waals surface area contributed by atoms with Crippen LogP contribution in [0.5, 0.6) is 0 Å². The monoisotopic (exact) mass is 390 g/mol. The van der Waals surface area contributed by atoms with Gasteiger partial charge < -0.3 is 0 Å². The minimum absolute atomic E-state index is 0.158. The fraction of sp³-hybridized carbons (Fsp3) is 0.158. The van der Waals surface area contributed by atoms with Crippen molar-refractivity contribution in [3.63, 3.8) is 0 Å². The van der Waals surface area contributed by atoms with E-state index in [4.69, 9.17) is 4.74 Å². The van der Waals surface area contributed by atoms with Gasteiger partial charge in [-0.2, -0.15) is 0 Å². The number of benzene rings is 2. The van der Waals surface area contributed by atoms with Crippen LogP contribution in [0.4, 0.5) is 0 Å². The molecule has 2 aromatic rings. The second kappa shape index (κ2) is 9.06. The van der Waals surface area contributed by atoms with E-state index in [0.29, 0.717) is 16.6 Å². The number of esters is 2. The topological polar surface area (TPSA) is 52.6 Å². The Morgan fingerprint density at radius 2 is 1.71 bits per heavy atom. The summed E-state index contributed by atoms with van der Waals surface area (Å²) in [7, 11) is 1.34. The summed E-state index contributed by atoms with van der Waals surface area (Å²) in [6.45, 7) is 2.12. The number of hydrogen-bond donors (Lipinski definition) is 0. The molecule has 0 heterocycles. The Kier molecular flexibility index (Phi) is 6.79. The molecular formula is C19H18O4Se. The van der Waals surface area contributed by atoms with E-state index >= 15 is 0 Å². The molecule has 0 amide bonds. The first-order chi connectivity index (χ1) is 11.6. The van der Waals surface area contributed by atoms with Crippen molar-refractivity contribution in [3.05, 3.63) is 70.2 Å². The van der Waals surface area contributed by atoms with Crippen LogP contribution >= 0.6 is 0 Å². The zero-order valence-electron chi connectivity index (χ0n) is 13.5. The maximum absolute atomic E-state index is 12.2. The van der Waals surface area contributed by atoms with Crippen LogP contribution in [-0.2, 0) is 14.3 Å². The predicted octanol–water partition coefficient (Wildman–Crippen LogP) is 2.41. The molecule has 0 aromatic heterocycles. The van der Waals surface area contributed by atoms with Crippen LogP contribution in [0.2, 0.25) is 0 Å². The fourth-order valence-electron chi connectivity index (χ4n) is 1.93. The molecular weight excluding hydrogens is 371 g/mol. The van der Waals surface area contributed by atoms with E-state index in [-0.39, 0.29) is 26.9 Å². The molecule has 0 unspecified atom stereocenters. The van der Waals surface area contributed by atoms with Crippen molar-refractivity contribution in [1.29, 1.82) is 0 Å².